The summed E-state index contributed by atoms with van der Waals surface area (Å²) in [6, 6.07) is 3.46. The van der Waals surface area contributed by atoms with Crippen LogP contribution < -0.4 is 4.74 Å². The number of phenolic OH excluding ortho intramolecular Hbond substituents is 2. The lowest BCUT2D eigenvalue weighted by Gasteiger charge is -2.34. The van der Waals surface area contributed by atoms with Crippen LogP contribution in [0.3, 0.4) is 0 Å². The van der Waals surface area contributed by atoms with Gasteiger partial charge in [-0.1, -0.05) is 26.0 Å². The summed E-state index contributed by atoms with van der Waals surface area (Å²) in [7, 11) is 1.51. The van der Waals surface area contributed by atoms with Gasteiger partial charge in [-0.25, -0.2) is 0 Å². The lowest BCUT2D eigenvalue weighted by Crippen LogP contribution is -2.40. The third-order valence-corrected chi connectivity index (χ3v) is 5.09. The molecule has 1 atom stereocenters. The number of carbonyl (C=O) groups excluding carboxylic acids is 2. The molecule has 0 saturated carbocycles. The predicted molar refractivity (Wildman–Crippen MR) is 111 cm³/mol. The number of fused-ring (bicyclic) bond motifs is 2. The molecule has 0 fully saturated rings. The third kappa shape index (κ3) is 3.79. The maximum absolute atomic E-state index is 12.8. The van der Waals surface area contributed by atoms with Crippen LogP contribution in [0, 0.1) is 5.92 Å². The Balaban J connectivity index is 2.25. The molecular weight excluding hydrogens is 372 g/mol. The van der Waals surface area contributed by atoms with E-state index in [1.54, 1.807) is 25.1 Å². The van der Waals surface area contributed by atoms with Crippen molar-refractivity contribution in [2.24, 2.45) is 5.92 Å². The molecule has 6 nitrogen and oxygen atoms in total. The number of aromatic hydroxyl groups is 2. The number of allylic oxidation sites excluding steroid dienone is 1. The van der Waals surface area contributed by atoms with E-state index >= 15 is 0 Å². The van der Waals surface area contributed by atoms with E-state index in [-0.39, 0.29) is 47.0 Å². The van der Waals surface area contributed by atoms with Crippen molar-refractivity contribution >= 4 is 28.6 Å². The lowest BCUT2D eigenvalue weighted by molar-refractivity contribution is -0.155. The first-order valence-electron chi connectivity index (χ1n) is 9.56. The molecule has 0 heterocycles. The largest absolute Gasteiger partial charge is 0.506 e. The number of rotatable bonds is 4. The fraction of sp³-hybridized carbons (Fsp3) is 0.391. The number of hydrogen-bond donors (Lipinski definition) is 2. The zero-order valence-electron chi connectivity index (χ0n) is 17.3. The van der Waals surface area contributed by atoms with Gasteiger partial charge in [0.1, 0.15) is 22.8 Å². The Bertz CT molecular complexity index is 1030. The average molecular weight is 398 g/mol. The topological polar surface area (TPSA) is 93.1 Å². The summed E-state index contributed by atoms with van der Waals surface area (Å²) in [4.78, 5) is 24.3. The first-order chi connectivity index (χ1) is 13.6. The molecule has 0 radical (unpaired) electrons. The van der Waals surface area contributed by atoms with E-state index in [1.807, 2.05) is 19.9 Å². The highest BCUT2D eigenvalue weighted by Gasteiger charge is 2.39. The van der Waals surface area contributed by atoms with Crippen LogP contribution in [-0.2, 0) is 16.0 Å². The SMILES string of the molecule is COc1cc2cc3c(c(O)c2c(O)c1/C=C/C(C)C)C(=O)CC(C)(OC(C)=O)C3. The van der Waals surface area contributed by atoms with E-state index in [4.69, 9.17) is 9.47 Å². The van der Waals surface area contributed by atoms with E-state index in [1.165, 1.54) is 14.0 Å². The third-order valence-electron chi connectivity index (χ3n) is 5.09. The Hall–Kier alpha value is -3.02. The molecule has 6 heteroatoms. The summed E-state index contributed by atoms with van der Waals surface area (Å²) in [6.45, 7) is 7.02. The van der Waals surface area contributed by atoms with Crippen LogP contribution >= 0.6 is 0 Å². The molecular formula is C23H26O6. The van der Waals surface area contributed by atoms with E-state index in [9.17, 15) is 19.8 Å². The van der Waals surface area contributed by atoms with Crippen molar-refractivity contribution in [1.29, 1.82) is 0 Å². The molecule has 1 aliphatic carbocycles. The number of ketones is 1. The Morgan fingerprint density at radius 1 is 1.21 bits per heavy atom. The monoisotopic (exact) mass is 398 g/mol. The van der Waals surface area contributed by atoms with E-state index in [0.717, 1.165) is 0 Å². The number of carbonyl (C=O) groups is 2. The van der Waals surface area contributed by atoms with Crippen molar-refractivity contribution in [2.75, 3.05) is 7.11 Å². The van der Waals surface area contributed by atoms with Gasteiger partial charge in [0, 0.05) is 13.3 Å². The molecule has 0 amide bonds. The van der Waals surface area contributed by atoms with Crippen LogP contribution in [0.2, 0.25) is 0 Å². The van der Waals surface area contributed by atoms with Crippen LogP contribution in [0.15, 0.2) is 18.2 Å². The minimum absolute atomic E-state index is 0.0321. The zero-order chi connectivity index (χ0) is 21.5. The Kier molecular flexibility index (Phi) is 5.30. The van der Waals surface area contributed by atoms with Gasteiger partial charge in [0.25, 0.3) is 0 Å². The fourth-order valence-electron chi connectivity index (χ4n) is 3.96. The number of Topliss-reactive ketones (excluding diaryl/α,β-unsaturated/α-hetero) is 1. The molecule has 1 aliphatic rings. The zero-order valence-corrected chi connectivity index (χ0v) is 17.3. The van der Waals surface area contributed by atoms with Gasteiger partial charge in [0.05, 0.1) is 30.0 Å². The van der Waals surface area contributed by atoms with Gasteiger partial charge < -0.3 is 19.7 Å². The highest BCUT2D eigenvalue weighted by Crippen LogP contribution is 2.46. The highest BCUT2D eigenvalue weighted by atomic mass is 16.6. The Labute approximate surface area is 169 Å². The number of phenols is 2. The molecule has 2 N–H and O–H groups in total. The van der Waals surface area contributed by atoms with Gasteiger partial charge in [-0.2, -0.15) is 0 Å². The molecule has 2 aromatic carbocycles. The van der Waals surface area contributed by atoms with E-state index in [0.29, 0.717) is 22.3 Å². The van der Waals surface area contributed by atoms with Crippen LogP contribution in [0.25, 0.3) is 16.8 Å². The number of esters is 1. The van der Waals surface area contributed by atoms with E-state index in [2.05, 4.69) is 0 Å². The van der Waals surface area contributed by atoms with Gasteiger partial charge >= 0.3 is 5.97 Å². The second kappa shape index (κ2) is 7.43. The smallest absolute Gasteiger partial charge is 0.303 e. The van der Waals surface area contributed by atoms with Gasteiger partial charge in [-0.3, -0.25) is 9.59 Å². The molecule has 0 saturated heterocycles. The van der Waals surface area contributed by atoms with Crippen molar-refractivity contribution in [3.8, 4) is 17.2 Å². The van der Waals surface area contributed by atoms with Gasteiger partial charge in [-0.05, 0) is 35.9 Å². The fourth-order valence-corrected chi connectivity index (χ4v) is 3.96. The molecule has 0 spiro atoms. The number of methoxy groups -OCH3 is 1. The first kappa shape index (κ1) is 20.7. The van der Waals surface area contributed by atoms with Crippen molar-refractivity contribution < 1.29 is 29.3 Å². The minimum atomic E-state index is -0.970. The predicted octanol–water partition coefficient (Wildman–Crippen LogP) is 4.38. The van der Waals surface area contributed by atoms with Gasteiger partial charge in [0.15, 0.2) is 5.78 Å². The van der Waals surface area contributed by atoms with Crippen molar-refractivity contribution in [2.45, 2.75) is 46.1 Å². The summed E-state index contributed by atoms with van der Waals surface area (Å²) in [5, 5.41) is 22.5. The first-order valence-corrected chi connectivity index (χ1v) is 9.56. The molecule has 2 aromatic rings. The molecule has 1 unspecified atom stereocenters. The normalized spacial score (nSPS) is 19.0. The second-order valence-electron chi connectivity index (χ2n) is 8.12. The molecule has 0 aromatic heterocycles. The summed E-state index contributed by atoms with van der Waals surface area (Å²) in [5.41, 5.74) is 0.211. The summed E-state index contributed by atoms with van der Waals surface area (Å²) >= 11 is 0. The van der Waals surface area contributed by atoms with Crippen LogP contribution in [-0.4, -0.2) is 34.7 Å². The molecule has 154 valence electrons. The van der Waals surface area contributed by atoms with Gasteiger partial charge in [0.2, 0.25) is 0 Å². The van der Waals surface area contributed by atoms with Gasteiger partial charge in [-0.15, -0.1) is 0 Å². The lowest BCUT2D eigenvalue weighted by atomic mass is 9.78. The highest BCUT2D eigenvalue weighted by molar-refractivity contribution is 6.10. The summed E-state index contributed by atoms with van der Waals surface area (Å²) in [6.07, 6.45) is 3.91. The van der Waals surface area contributed by atoms with Crippen molar-refractivity contribution in [3.05, 3.63) is 34.9 Å². The van der Waals surface area contributed by atoms with Crippen molar-refractivity contribution in [3.63, 3.8) is 0 Å². The number of benzene rings is 2. The molecule has 0 aliphatic heterocycles. The number of hydrogen-bond acceptors (Lipinski definition) is 6. The average Bonchev–Trinajstić information content (AvgIpc) is 2.58. The summed E-state index contributed by atoms with van der Waals surface area (Å²) < 4.78 is 10.8. The van der Waals surface area contributed by atoms with Crippen molar-refractivity contribution in [1.82, 2.24) is 0 Å². The standard InChI is InChI=1S/C23H26O6/c1-12(2)6-7-16-18(28-5)9-14-8-15-10-23(4,29-13(3)24)11-17(25)19(15)22(27)20(14)21(16)26/h6-9,12,26-27H,10-11H2,1-5H3/b7-6+. The summed E-state index contributed by atoms with van der Waals surface area (Å²) in [5.74, 6) is -0.480. The molecule has 3 rings (SSSR count). The Morgan fingerprint density at radius 2 is 1.90 bits per heavy atom. The molecule has 0 bridgehead atoms. The van der Waals surface area contributed by atoms with E-state index < -0.39 is 11.6 Å². The quantitative estimate of drug-likeness (QED) is 0.743. The molecule has 29 heavy (non-hydrogen) atoms. The second-order valence-corrected chi connectivity index (χ2v) is 8.12. The van der Waals surface area contributed by atoms with Crippen LogP contribution in [0.1, 0.15) is 55.6 Å². The van der Waals surface area contributed by atoms with Crippen LogP contribution in [0.5, 0.6) is 17.2 Å². The van der Waals surface area contributed by atoms with Crippen LogP contribution in [0.4, 0.5) is 0 Å². The maximum Gasteiger partial charge on any atom is 0.303 e. The maximum atomic E-state index is 12.8. The Morgan fingerprint density at radius 3 is 2.48 bits per heavy atom. The number of ether oxygens (including phenoxy) is 2. The minimum Gasteiger partial charge on any atom is -0.506 e.